The first-order valence-electron chi connectivity index (χ1n) is 11.3. The molecular weight excluding hydrogens is 513 g/mol. The fourth-order valence-electron chi connectivity index (χ4n) is 3.65. The van der Waals surface area contributed by atoms with Crippen molar-refractivity contribution in [3.8, 4) is 34.5 Å². The lowest BCUT2D eigenvalue weighted by Crippen LogP contribution is -2.13. The number of imidazole rings is 1. The molecule has 3 N–H and O–H groups in total. The Labute approximate surface area is 216 Å². The number of H-pyrrole nitrogens is 1. The van der Waals surface area contributed by atoms with Gasteiger partial charge in [0.2, 0.25) is 0 Å². The Kier molecular flexibility index (Phi) is 6.47. The van der Waals surface area contributed by atoms with Gasteiger partial charge < -0.3 is 20.2 Å². The molecule has 0 fully saturated rings. The highest BCUT2D eigenvalue weighted by molar-refractivity contribution is 7.91. The average molecular weight is 534 g/mol. The number of nitrogens with two attached hydrogens (primary N) is 1. The molecule has 0 unspecified atom stereocenters. The molecular formula is C26H20FN5O5S. The van der Waals surface area contributed by atoms with Crippen molar-refractivity contribution in [2.24, 2.45) is 5.73 Å². The van der Waals surface area contributed by atoms with Gasteiger partial charge in [-0.25, -0.2) is 22.8 Å². The fraction of sp³-hybridized carbons (Fsp3) is 0.0769. The number of aromatic nitrogens is 4. The third-order valence-corrected chi connectivity index (χ3v) is 7.34. The van der Waals surface area contributed by atoms with Gasteiger partial charge in [0.25, 0.3) is 5.91 Å². The third kappa shape index (κ3) is 4.89. The van der Waals surface area contributed by atoms with Gasteiger partial charge in [-0.1, -0.05) is 13.0 Å². The van der Waals surface area contributed by atoms with E-state index in [-0.39, 0.29) is 33.5 Å². The topological polar surface area (TPSA) is 150 Å². The van der Waals surface area contributed by atoms with Gasteiger partial charge in [-0.05, 0) is 36.4 Å². The molecule has 5 aromatic rings. The van der Waals surface area contributed by atoms with E-state index in [0.29, 0.717) is 28.3 Å². The Morgan fingerprint density at radius 2 is 1.82 bits per heavy atom. The molecule has 38 heavy (non-hydrogen) atoms. The van der Waals surface area contributed by atoms with Crippen molar-refractivity contribution < 1.29 is 27.1 Å². The van der Waals surface area contributed by atoms with Crippen LogP contribution in [-0.2, 0) is 9.84 Å². The van der Waals surface area contributed by atoms with Crippen LogP contribution in [0.5, 0.6) is 23.0 Å². The second-order valence-electron chi connectivity index (χ2n) is 8.05. The van der Waals surface area contributed by atoms with Crippen molar-refractivity contribution in [1.82, 2.24) is 19.9 Å². The summed E-state index contributed by atoms with van der Waals surface area (Å²) in [5.41, 5.74) is 6.74. The molecule has 10 nitrogen and oxygen atoms in total. The standard InChI is InChI=1S/C26H20FN5O5S/c1-2-38(34,35)16-8-6-15(7-9-16)36-22-12-19-20(32-26(31-19)21-14-29-10-11-30-21)13-23(22)37-24-17(25(28)33)4-3-5-18(24)27/h3-14H,2H2,1H3,(H2,28,33)(H,31,32). The molecule has 2 aromatic heterocycles. The van der Waals surface area contributed by atoms with Gasteiger partial charge in [-0.15, -0.1) is 0 Å². The number of rotatable bonds is 8. The van der Waals surface area contributed by atoms with E-state index in [2.05, 4.69) is 19.9 Å². The minimum absolute atomic E-state index is 0.0348. The Balaban J connectivity index is 1.60. The number of aromatic amines is 1. The summed E-state index contributed by atoms with van der Waals surface area (Å²) in [5.74, 6) is -1.21. The van der Waals surface area contributed by atoms with Crippen LogP contribution in [0.4, 0.5) is 4.39 Å². The number of halogens is 1. The first kappa shape index (κ1) is 24.8. The maximum atomic E-state index is 14.7. The summed E-state index contributed by atoms with van der Waals surface area (Å²) >= 11 is 0. The van der Waals surface area contributed by atoms with Crippen LogP contribution in [-0.4, -0.2) is 40.0 Å². The Morgan fingerprint density at radius 1 is 1.05 bits per heavy atom. The fourth-order valence-corrected chi connectivity index (χ4v) is 4.53. The number of amides is 1. The summed E-state index contributed by atoms with van der Waals surface area (Å²) in [6, 6.07) is 12.7. The number of carbonyl (C=O) groups is 1. The summed E-state index contributed by atoms with van der Waals surface area (Å²) in [5, 5.41) is 0. The Morgan fingerprint density at radius 3 is 2.50 bits per heavy atom. The molecule has 0 aliphatic heterocycles. The van der Waals surface area contributed by atoms with E-state index in [0.717, 1.165) is 6.07 Å². The molecule has 0 atom stereocenters. The molecule has 0 aliphatic rings. The second-order valence-corrected chi connectivity index (χ2v) is 10.3. The summed E-state index contributed by atoms with van der Waals surface area (Å²) in [4.78, 5) is 28.0. The molecule has 0 bridgehead atoms. The number of nitrogens with zero attached hydrogens (tertiary/aromatic N) is 3. The second kappa shape index (κ2) is 9.90. The van der Waals surface area contributed by atoms with Crippen LogP contribution in [0.1, 0.15) is 17.3 Å². The van der Waals surface area contributed by atoms with Crippen molar-refractivity contribution >= 4 is 26.8 Å². The number of sulfone groups is 1. The van der Waals surface area contributed by atoms with Crippen LogP contribution in [0.25, 0.3) is 22.6 Å². The maximum absolute atomic E-state index is 14.7. The first-order valence-corrected chi connectivity index (χ1v) is 13.0. The molecule has 192 valence electrons. The molecule has 0 aliphatic carbocycles. The SMILES string of the molecule is CCS(=O)(=O)c1ccc(Oc2cc3[nH]c(-c4cnccn4)nc3cc2Oc2c(F)cccc2C(N)=O)cc1. The van der Waals surface area contributed by atoms with Crippen molar-refractivity contribution in [1.29, 1.82) is 0 Å². The monoisotopic (exact) mass is 533 g/mol. The number of ether oxygens (including phenoxy) is 2. The summed E-state index contributed by atoms with van der Waals surface area (Å²) in [7, 11) is -3.40. The van der Waals surface area contributed by atoms with Crippen molar-refractivity contribution in [2.45, 2.75) is 11.8 Å². The Bertz CT molecular complexity index is 1760. The number of para-hydroxylation sites is 1. The highest BCUT2D eigenvalue weighted by atomic mass is 32.2. The molecule has 0 saturated heterocycles. The summed E-state index contributed by atoms with van der Waals surface area (Å²) < 4.78 is 50.9. The lowest BCUT2D eigenvalue weighted by molar-refractivity contribution is 0.0997. The van der Waals surface area contributed by atoms with E-state index in [1.165, 1.54) is 61.1 Å². The minimum atomic E-state index is -3.40. The van der Waals surface area contributed by atoms with E-state index in [1.807, 2.05) is 0 Å². The molecule has 0 spiro atoms. The van der Waals surface area contributed by atoms with Crippen molar-refractivity contribution in [3.05, 3.63) is 84.6 Å². The summed E-state index contributed by atoms with van der Waals surface area (Å²) in [6.07, 6.45) is 4.60. The van der Waals surface area contributed by atoms with Gasteiger partial charge in [-0.2, -0.15) is 0 Å². The predicted molar refractivity (Wildman–Crippen MR) is 136 cm³/mol. The lowest BCUT2D eigenvalue weighted by atomic mass is 10.2. The number of hydrogen-bond donors (Lipinski definition) is 2. The maximum Gasteiger partial charge on any atom is 0.252 e. The number of primary amides is 1. The van der Waals surface area contributed by atoms with E-state index in [1.54, 1.807) is 13.0 Å². The van der Waals surface area contributed by atoms with Crippen LogP contribution >= 0.6 is 0 Å². The number of fused-ring (bicyclic) bond motifs is 1. The summed E-state index contributed by atoms with van der Waals surface area (Å²) in [6.45, 7) is 1.56. The predicted octanol–water partition coefficient (Wildman–Crippen LogP) is 4.64. The van der Waals surface area contributed by atoms with E-state index in [9.17, 15) is 17.6 Å². The van der Waals surface area contributed by atoms with Gasteiger partial charge in [-0.3, -0.25) is 9.78 Å². The molecule has 5 rings (SSSR count). The zero-order chi connectivity index (χ0) is 26.9. The Hall–Kier alpha value is -4.84. The molecule has 12 heteroatoms. The van der Waals surface area contributed by atoms with Gasteiger partial charge in [0.15, 0.2) is 38.7 Å². The normalized spacial score (nSPS) is 11.4. The number of benzene rings is 3. The lowest BCUT2D eigenvalue weighted by Gasteiger charge is -2.15. The highest BCUT2D eigenvalue weighted by Crippen LogP contribution is 2.40. The molecule has 1 amide bonds. The zero-order valence-electron chi connectivity index (χ0n) is 19.9. The van der Waals surface area contributed by atoms with Crippen molar-refractivity contribution in [2.75, 3.05) is 5.75 Å². The molecule has 3 aromatic carbocycles. The quantitative estimate of drug-likeness (QED) is 0.293. The van der Waals surface area contributed by atoms with Gasteiger partial charge in [0.05, 0.1) is 33.4 Å². The van der Waals surface area contributed by atoms with E-state index in [4.69, 9.17) is 15.2 Å². The van der Waals surface area contributed by atoms with Crippen LogP contribution in [0.15, 0.2) is 78.1 Å². The molecule has 0 saturated carbocycles. The van der Waals surface area contributed by atoms with Gasteiger partial charge >= 0.3 is 0 Å². The van der Waals surface area contributed by atoms with E-state index < -0.39 is 21.6 Å². The number of hydrogen-bond acceptors (Lipinski definition) is 8. The smallest absolute Gasteiger partial charge is 0.252 e. The van der Waals surface area contributed by atoms with Crippen molar-refractivity contribution in [3.63, 3.8) is 0 Å². The van der Waals surface area contributed by atoms with Crippen LogP contribution < -0.4 is 15.2 Å². The van der Waals surface area contributed by atoms with Gasteiger partial charge in [0, 0.05) is 24.5 Å². The zero-order valence-corrected chi connectivity index (χ0v) is 20.7. The third-order valence-electron chi connectivity index (χ3n) is 5.59. The van der Waals surface area contributed by atoms with Crippen LogP contribution in [0, 0.1) is 5.82 Å². The molecule has 0 radical (unpaired) electrons. The number of carbonyl (C=O) groups excluding carboxylic acids is 1. The first-order chi connectivity index (χ1) is 18.2. The average Bonchev–Trinajstić information content (AvgIpc) is 3.33. The van der Waals surface area contributed by atoms with Crippen LogP contribution in [0.2, 0.25) is 0 Å². The number of nitrogens with one attached hydrogen (secondary N) is 1. The largest absolute Gasteiger partial charge is 0.453 e. The highest BCUT2D eigenvalue weighted by Gasteiger charge is 2.20. The van der Waals surface area contributed by atoms with E-state index >= 15 is 0 Å². The molecule has 2 heterocycles. The van der Waals surface area contributed by atoms with Crippen LogP contribution in [0.3, 0.4) is 0 Å². The van der Waals surface area contributed by atoms with Gasteiger partial charge in [0.1, 0.15) is 11.4 Å². The minimum Gasteiger partial charge on any atom is -0.453 e.